The van der Waals surface area contributed by atoms with Gasteiger partial charge in [0.1, 0.15) is 0 Å². The molecule has 1 aliphatic heterocycles. The summed E-state index contributed by atoms with van der Waals surface area (Å²) in [7, 11) is 0. The average Bonchev–Trinajstić information content (AvgIpc) is 2.87. The van der Waals surface area contributed by atoms with E-state index in [1.807, 2.05) is 6.92 Å². The van der Waals surface area contributed by atoms with Crippen molar-refractivity contribution < 1.29 is 19.5 Å². The van der Waals surface area contributed by atoms with Gasteiger partial charge in [0.05, 0.1) is 11.8 Å². The molecule has 21 heavy (non-hydrogen) atoms. The van der Waals surface area contributed by atoms with Gasteiger partial charge < -0.3 is 15.4 Å². The molecule has 6 heteroatoms. The molecule has 6 nitrogen and oxygen atoms in total. The second-order valence-corrected chi connectivity index (χ2v) is 5.22. The van der Waals surface area contributed by atoms with Gasteiger partial charge >= 0.3 is 5.97 Å². The standard InChI is InChI=1S/C15H16N2O4/c1-9-7-17(8-12(9)13(18)6-16)14(19)10-2-4-11(5-3-10)15(20)21/h2-6,9,12,16H,7-8H2,1H3,(H,20,21)/t9?,12-/m1/s1. The molecule has 0 radical (unpaired) electrons. The first-order valence-electron chi connectivity index (χ1n) is 6.61. The van der Waals surface area contributed by atoms with Crippen LogP contribution < -0.4 is 0 Å². The lowest BCUT2D eigenvalue weighted by molar-refractivity contribution is -0.116. The van der Waals surface area contributed by atoms with Gasteiger partial charge in [-0.15, -0.1) is 0 Å². The van der Waals surface area contributed by atoms with Crippen LogP contribution >= 0.6 is 0 Å². The van der Waals surface area contributed by atoms with Crippen LogP contribution in [0.4, 0.5) is 0 Å². The van der Waals surface area contributed by atoms with Crippen molar-refractivity contribution in [1.29, 1.82) is 5.41 Å². The van der Waals surface area contributed by atoms with E-state index in [0.717, 1.165) is 6.21 Å². The Morgan fingerprint density at radius 1 is 1.19 bits per heavy atom. The Hall–Kier alpha value is -2.50. The summed E-state index contributed by atoms with van der Waals surface area (Å²) in [5, 5.41) is 15.9. The first-order valence-corrected chi connectivity index (χ1v) is 6.61. The van der Waals surface area contributed by atoms with E-state index in [1.165, 1.54) is 24.3 Å². The zero-order valence-corrected chi connectivity index (χ0v) is 11.6. The largest absolute Gasteiger partial charge is 0.478 e. The highest BCUT2D eigenvalue weighted by Gasteiger charge is 2.36. The molecule has 2 rings (SSSR count). The summed E-state index contributed by atoms with van der Waals surface area (Å²) < 4.78 is 0. The molecule has 1 aliphatic rings. The Morgan fingerprint density at radius 2 is 1.76 bits per heavy atom. The van der Waals surface area contributed by atoms with Gasteiger partial charge in [-0.3, -0.25) is 9.59 Å². The van der Waals surface area contributed by atoms with Gasteiger partial charge in [0.15, 0.2) is 5.78 Å². The van der Waals surface area contributed by atoms with E-state index in [1.54, 1.807) is 4.90 Å². The van der Waals surface area contributed by atoms with E-state index < -0.39 is 5.97 Å². The number of nitrogens with zero attached hydrogens (tertiary/aromatic N) is 1. The SMILES string of the molecule is CC1CN(C(=O)c2ccc(C(=O)O)cc2)C[C@H]1C(=O)C=N. The Morgan fingerprint density at radius 3 is 2.29 bits per heavy atom. The van der Waals surface area contributed by atoms with Crippen LogP contribution in [0, 0.1) is 17.2 Å². The van der Waals surface area contributed by atoms with Crippen LogP contribution in [0.2, 0.25) is 0 Å². The Kier molecular flexibility index (Phi) is 4.16. The highest BCUT2D eigenvalue weighted by atomic mass is 16.4. The van der Waals surface area contributed by atoms with E-state index in [4.69, 9.17) is 10.5 Å². The van der Waals surface area contributed by atoms with Crippen molar-refractivity contribution >= 4 is 23.9 Å². The van der Waals surface area contributed by atoms with E-state index in [2.05, 4.69) is 0 Å². The summed E-state index contributed by atoms with van der Waals surface area (Å²) in [6.45, 7) is 2.64. The monoisotopic (exact) mass is 288 g/mol. The fraction of sp³-hybridized carbons (Fsp3) is 0.333. The predicted octanol–water partition coefficient (Wildman–Crippen LogP) is 1.31. The fourth-order valence-electron chi connectivity index (χ4n) is 2.55. The molecule has 1 aromatic rings. The number of hydrogen-bond acceptors (Lipinski definition) is 4. The molecule has 0 spiro atoms. The molecule has 2 atom stereocenters. The molecular weight excluding hydrogens is 272 g/mol. The molecule has 0 bridgehead atoms. The topological polar surface area (TPSA) is 98.5 Å². The third-order valence-corrected chi connectivity index (χ3v) is 3.79. The number of carboxylic acids is 1. The van der Waals surface area contributed by atoms with Crippen LogP contribution in [0.1, 0.15) is 27.6 Å². The highest BCUT2D eigenvalue weighted by Crippen LogP contribution is 2.25. The quantitative estimate of drug-likeness (QED) is 0.816. The van der Waals surface area contributed by atoms with Crippen molar-refractivity contribution in [3.8, 4) is 0 Å². The van der Waals surface area contributed by atoms with Gasteiger partial charge in [-0.05, 0) is 30.2 Å². The van der Waals surface area contributed by atoms with Crippen molar-refractivity contribution in [3.05, 3.63) is 35.4 Å². The van der Waals surface area contributed by atoms with E-state index >= 15 is 0 Å². The number of amides is 1. The summed E-state index contributed by atoms with van der Waals surface area (Å²) in [5.41, 5.74) is 0.522. The number of ketones is 1. The van der Waals surface area contributed by atoms with Gasteiger partial charge in [-0.25, -0.2) is 4.79 Å². The van der Waals surface area contributed by atoms with Crippen LogP contribution in [0.3, 0.4) is 0 Å². The highest BCUT2D eigenvalue weighted by molar-refractivity contribution is 6.27. The Balaban J connectivity index is 2.12. The van der Waals surface area contributed by atoms with E-state index in [-0.39, 0.29) is 29.1 Å². The maximum atomic E-state index is 12.3. The number of hydrogen-bond donors (Lipinski definition) is 2. The average molecular weight is 288 g/mol. The van der Waals surface area contributed by atoms with E-state index in [0.29, 0.717) is 18.7 Å². The molecule has 1 unspecified atom stereocenters. The molecular formula is C15H16N2O4. The van der Waals surface area contributed by atoms with Crippen molar-refractivity contribution in [2.45, 2.75) is 6.92 Å². The molecule has 2 N–H and O–H groups in total. The van der Waals surface area contributed by atoms with Crippen LogP contribution in [0.5, 0.6) is 0 Å². The third-order valence-electron chi connectivity index (χ3n) is 3.79. The smallest absolute Gasteiger partial charge is 0.335 e. The van der Waals surface area contributed by atoms with Crippen LogP contribution in [-0.2, 0) is 4.79 Å². The fourth-order valence-corrected chi connectivity index (χ4v) is 2.55. The number of Topliss-reactive ketones (excluding diaryl/α,β-unsaturated/α-hetero) is 1. The second kappa shape index (κ2) is 5.87. The molecule has 1 saturated heterocycles. The maximum Gasteiger partial charge on any atom is 0.335 e. The lowest BCUT2D eigenvalue weighted by Gasteiger charge is -2.16. The Labute approximate surface area is 121 Å². The normalized spacial score (nSPS) is 21.1. The summed E-state index contributed by atoms with van der Waals surface area (Å²) in [6.07, 6.45) is 0.802. The first-order chi connectivity index (χ1) is 9.93. The molecule has 0 aliphatic carbocycles. The lowest BCUT2D eigenvalue weighted by atomic mass is 9.94. The number of benzene rings is 1. The van der Waals surface area contributed by atoms with Gasteiger partial charge in [-0.1, -0.05) is 6.92 Å². The molecule has 0 aromatic heterocycles. The van der Waals surface area contributed by atoms with Gasteiger partial charge in [0.25, 0.3) is 5.91 Å². The molecule has 1 amide bonds. The third kappa shape index (κ3) is 2.99. The minimum absolute atomic E-state index is 0.0151. The Bertz CT molecular complexity index is 594. The molecule has 0 saturated carbocycles. The summed E-state index contributed by atoms with van der Waals surface area (Å²) in [6, 6.07) is 5.72. The number of carboxylic acid groups (broad SMARTS) is 1. The predicted molar refractivity (Wildman–Crippen MR) is 75.7 cm³/mol. The number of aromatic carboxylic acids is 1. The minimum Gasteiger partial charge on any atom is -0.478 e. The number of rotatable bonds is 4. The van der Waals surface area contributed by atoms with Crippen molar-refractivity contribution in [3.63, 3.8) is 0 Å². The lowest BCUT2D eigenvalue weighted by Crippen LogP contribution is -2.30. The minimum atomic E-state index is -1.04. The molecule has 1 fully saturated rings. The van der Waals surface area contributed by atoms with Crippen LogP contribution in [-0.4, -0.2) is 47.0 Å². The summed E-state index contributed by atoms with van der Waals surface area (Å²) in [4.78, 5) is 36.3. The van der Waals surface area contributed by atoms with Crippen molar-refractivity contribution in [1.82, 2.24) is 4.90 Å². The van der Waals surface area contributed by atoms with Crippen molar-refractivity contribution in [2.75, 3.05) is 13.1 Å². The van der Waals surface area contributed by atoms with Gasteiger partial charge in [0, 0.05) is 24.6 Å². The summed E-state index contributed by atoms with van der Waals surface area (Å²) in [5.74, 6) is -1.84. The number of carbonyl (C=O) groups is 3. The van der Waals surface area contributed by atoms with Crippen LogP contribution in [0.15, 0.2) is 24.3 Å². The zero-order valence-electron chi connectivity index (χ0n) is 11.6. The zero-order chi connectivity index (χ0) is 15.6. The first kappa shape index (κ1) is 14.9. The van der Waals surface area contributed by atoms with Gasteiger partial charge in [0.2, 0.25) is 0 Å². The number of likely N-dealkylation sites (tertiary alicyclic amines) is 1. The second-order valence-electron chi connectivity index (χ2n) is 5.22. The van der Waals surface area contributed by atoms with Crippen LogP contribution in [0.25, 0.3) is 0 Å². The molecule has 1 aromatic carbocycles. The van der Waals surface area contributed by atoms with Gasteiger partial charge in [-0.2, -0.15) is 0 Å². The number of nitrogens with one attached hydrogen (secondary N) is 1. The van der Waals surface area contributed by atoms with E-state index in [9.17, 15) is 14.4 Å². The maximum absolute atomic E-state index is 12.3. The molecule has 110 valence electrons. The summed E-state index contributed by atoms with van der Waals surface area (Å²) >= 11 is 0. The number of carbonyl (C=O) groups excluding carboxylic acids is 2. The molecule has 1 heterocycles. The van der Waals surface area contributed by atoms with Crippen molar-refractivity contribution in [2.24, 2.45) is 11.8 Å².